The van der Waals surface area contributed by atoms with Crippen LogP contribution in [-0.2, 0) is 11.2 Å². The number of benzene rings is 1. The molecule has 23 heavy (non-hydrogen) atoms. The highest BCUT2D eigenvalue weighted by Gasteiger charge is 2.38. The Morgan fingerprint density at radius 2 is 1.96 bits per heavy atom. The average molecular weight is 335 g/mol. The Bertz CT molecular complexity index is 584. The Labute approximate surface area is 142 Å². The highest BCUT2D eigenvalue weighted by atomic mass is 35.5. The van der Waals surface area contributed by atoms with Crippen LogP contribution < -0.4 is 5.32 Å². The molecular weight excluding hydrogens is 312 g/mol. The van der Waals surface area contributed by atoms with Gasteiger partial charge in [0.05, 0.1) is 5.92 Å². The van der Waals surface area contributed by atoms with Gasteiger partial charge in [-0.1, -0.05) is 43.0 Å². The van der Waals surface area contributed by atoms with Crippen LogP contribution in [0.2, 0.25) is 5.02 Å². The van der Waals surface area contributed by atoms with Crippen LogP contribution in [0, 0.1) is 5.92 Å². The largest absolute Gasteiger partial charge is 0.337 e. The van der Waals surface area contributed by atoms with E-state index in [4.69, 9.17) is 11.6 Å². The molecule has 1 saturated carbocycles. The van der Waals surface area contributed by atoms with E-state index < -0.39 is 0 Å². The number of nitrogens with zero attached hydrogens (tertiary/aromatic N) is 1. The van der Waals surface area contributed by atoms with Gasteiger partial charge in [-0.05, 0) is 43.4 Å². The van der Waals surface area contributed by atoms with Crippen molar-refractivity contribution >= 4 is 23.5 Å². The summed E-state index contributed by atoms with van der Waals surface area (Å²) < 4.78 is 0. The highest BCUT2D eigenvalue weighted by Crippen LogP contribution is 2.27. The number of aryl methyl sites for hydroxylation is 1. The van der Waals surface area contributed by atoms with Crippen molar-refractivity contribution in [3.8, 4) is 0 Å². The van der Waals surface area contributed by atoms with Crippen LogP contribution >= 0.6 is 11.6 Å². The van der Waals surface area contributed by atoms with E-state index in [2.05, 4.69) is 5.32 Å². The second-order valence-electron chi connectivity index (χ2n) is 6.55. The lowest BCUT2D eigenvalue weighted by atomic mass is 9.91. The maximum Gasteiger partial charge on any atom is 0.324 e. The van der Waals surface area contributed by atoms with Crippen molar-refractivity contribution in [1.82, 2.24) is 10.2 Å². The van der Waals surface area contributed by atoms with Crippen LogP contribution in [0.4, 0.5) is 4.79 Å². The van der Waals surface area contributed by atoms with Crippen molar-refractivity contribution in [3.05, 3.63) is 34.9 Å². The Hall–Kier alpha value is -1.55. The molecule has 0 spiro atoms. The molecule has 1 N–H and O–H groups in total. The minimum Gasteiger partial charge on any atom is -0.337 e. The SMILES string of the molecule is O=C1NCC(CCc2cccc(Cl)c2)C(=O)N1C1CCCCC1. The number of hydrogen-bond acceptors (Lipinski definition) is 2. The highest BCUT2D eigenvalue weighted by molar-refractivity contribution is 6.30. The first-order chi connectivity index (χ1) is 11.1. The molecule has 1 unspecified atom stereocenters. The summed E-state index contributed by atoms with van der Waals surface area (Å²) >= 11 is 6.01. The minimum atomic E-state index is -0.207. The fourth-order valence-electron chi connectivity index (χ4n) is 3.62. The van der Waals surface area contributed by atoms with Gasteiger partial charge in [0.25, 0.3) is 0 Å². The molecule has 0 bridgehead atoms. The first-order valence-electron chi connectivity index (χ1n) is 8.50. The van der Waals surface area contributed by atoms with Crippen molar-refractivity contribution in [2.45, 2.75) is 51.0 Å². The van der Waals surface area contributed by atoms with E-state index in [9.17, 15) is 9.59 Å². The Kier molecular flexibility index (Phi) is 5.21. The monoisotopic (exact) mass is 334 g/mol. The van der Waals surface area contributed by atoms with Gasteiger partial charge in [-0.2, -0.15) is 0 Å². The van der Waals surface area contributed by atoms with E-state index in [1.165, 1.54) is 11.3 Å². The second-order valence-corrected chi connectivity index (χ2v) is 6.99. The van der Waals surface area contributed by atoms with E-state index in [0.29, 0.717) is 6.54 Å². The first kappa shape index (κ1) is 16.3. The Morgan fingerprint density at radius 1 is 1.17 bits per heavy atom. The summed E-state index contributed by atoms with van der Waals surface area (Å²) in [5.74, 6) is -0.128. The zero-order valence-corrected chi connectivity index (χ0v) is 14.0. The van der Waals surface area contributed by atoms with E-state index >= 15 is 0 Å². The third-order valence-electron chi connectivity index (χ3n) is 4.92. The van der Waals surface area contributed by atoms with Crippen LogP contribution in [0.25, 0.3) is 0 Å². The molecule has 3 amide bonds. The first-order valence-corrected chi connectivity index (χ1v) is 8.88. The molecule has 2 fully saturated rings. The minimum absolute atomic E-state index is 0.00248. The topological polar surface area (TPSA) is 49.4 Å². The average Bonchev–Trinajstić information content (AvgIpc) is 2.55. The summed E-state index contributed by atoms with van der Waals surface area (Å²) in [5.41, 5.74) is 1.13. The summed E-state index contributed by atoms with van der Waals surface area (Å²) in [7, 11) is 0. The molecule has 4 nitrogen and oxygen atoms in total. The fourth-order valence-corrected chi connectivity index (χ4v) is 3.84. The van der Waals surface area contributed by atoms with E-state index in [1.807, 2.05) is 24.3 Å². The fraction of sp³-hybridized carbons (Fsp3) is 0.556. The molecule has 2 aliphatic rings. The van der Waals surface area contributed by atoms with Crippen LogP contribution in [0.15, 0.2) is 24.3 Å². The van der Waals surface area contributed by atoms with Crippen molar-refractivity contribution in [2.75, 3.05) is 6.54 Å². The van der Waals surface area contributed by atoms with Crippen LogP contribution in [0.3, 0.4) is 0 Å². The van der Waals surface area contributed by atoms with E-state index in [-0.39, 0.29) is 23.9 Å². The normalized spacial score (nSPS) is 23.0. The van der Waals surface area contributed by atoms with Crippen LogP contribution in [0.5, 0.6) is 0 Å². The van der Waals surface area contributed by atoms with Crippen molar-refractivity contribution < 1.29 is 9.59 Å². The number of carbonyl (C=O) groups is 2. The lowest BCUT2D eigenvalue weighted by molar-refractivity contribution is -0.136. The molecule has 1 atom stereocenters. The predicted molar refractivity (Wildman–Crippen MR) is 90.4 cm³/mol. The quantitative estimate of drug-likeness (QED) is 0.911. The number of imide groups is 1. The maximum absolute atomic E-state index is 12.8. The summed E-state index contributed by atoms with van der Waals surface area (Å²) in [4.78, 5) is 26.4. The standard InChI is InChI=1S/C18H23ClN2O2/c19-15-6-4-5-13(11-15)9-10-14-12-20-18(23)21(17(14)22)16-7-2-1-3-8-16/h4-6,11,14,16H,1-3,7-10,12H2,(H,20,23). The van der Waals surface area contributed by atoms with Gasteiger partial charge < -0.3 is 5.32 Å². The van der Waals surface area contributed by atoms with Gasteiger partial charge in [0.2, 0.25) is 5.91 Å². The summed E-state index contributed by atoms with van der Waals surface area (Å²) in [5, 5.41) is 3.61. The molecule has 1 saturated heterocycles. The van der Waals surface area contributed by atoms with Gasteiger partial charge in [-0.15, -0.1) is 0 Å². The second kappa shape index (κ2) is 7.35. The third-order valence-corrected chi connectivity index (χ3v) is 5.15. The van der Waals surface area contributed by atoms with Gasteiger partial charge in [-0.25, -0.2) is 4.79 Å². The van der Waals surface area contributed by atoms with Crippen molar-refractivity contribution in [3.63, 3.8) is 0 Å². The zero-order chi connectivity index (χ0) is 16.2. The number of amides is 3. The molecule has 1 aromatic carbocycles. The number of urea groups is 1. The molecule has 1 aromatic rings. The number of carbonyl (C=O) groups excluding carboxylic acids is 2. The number of halogens is 1. The van der Waals surface area contributed by atoms with Gasteiger partial charge in [0, 0.05) is 17.6 Å². The predicted octanol–water partition coefficient (Wildman–Crippen LogP) is 3.77. The molecule has 0 aromatic heterocycles. The molecular formula is C18H23ClN2O2. The molecule has 124 valence electrons. The van der Waals surface area contributed by atoms with Gasteiger partial charge in [0.1, 0.15) is 0 Å². The van der Waals surface area contributed by atoms with E-state index in [1.54, 1.807) is 0 Å². The Morgan fingerprint density at radius 3 is 2.70 bits per heavy atom. The van der Waals surface area contributed by atoms with Crippen molar-refractivity contribution in [2.24, 2.45) is 5.92 Å². The van der Waals surface area contributed by atoms with Gasteiger partial charge in [0.15, 0.2) is 0 Å². The summed E-state index contributed by atoms with van der Waals surface area (Å²) in [6.07, 6.45) is 6.84. The molecule has 1 heterocycles. The molecule has 1 aliphatic heterocycles. The molecule has 0 radical (unpaired) electrons. The van der Waals surface area contributed by atoms with E-state index in [0.717, 1.165) is 49.1 Å². The zero-order valence-electron chi connectivity index (χ0n) is 13.3. The number of rotatable bonds is 4. The summed E-state index contributed by atoms with van der Waals surface area (Å²) in [6, 6.07) is 7.62. The smallest absolute Gasteiger partial charge is 0.324 e. The lowest BCUT2D eigenvalue weighted by Gasteiger charge is -2.38. The lowest BCUT2D eigenvalue weighted by Crippen LogP contribution is -2.58. The van der Waals surface area contributed by atoms with Crippen molar-refractivity contribution in [1.29, 1.82) is 0 Å². The molecule has 1 aliphatic carbocycles. The van der Waals surface area contributed by atoms with Crippen LogP contribution in [-0.4, -0.2) is 29.4 Å². The number of hydrogen-bond donors (Lipinski definition) is 1. The maximum atomic E-state index is 12.8. The molecule has 3 rings (SSSR count). The van der Waals surface area contributed by atoms with Gasteiger partial charge in [-0.3, -0.25) is 9.69 Å². The Balaban J connectivity index is 1.63. The van der Waals surface area contributed by atoms with Gasteiger partial charge >= 0.3 is 6.03 Å². The summed E-state index contributed by atoms with van der Waals surface area (Å²) in [6.45, 7) is 0.446. The molecule has 5 heteroatoms. The third kappa shape index (κ3) is 3.86. The van der Waals surface area contributed by atoms with Crippen LogP contribution in [0.1, 0.15) is 44.1 Å². The number of nitrogens with one attached hydrogen (secondary N) is 1.